The van der Waals surface area contributed by atoms with E-state index < -0.39 is 11.9 Å². The summed E-state index contributed by atoms with van der Waals surface area (Å²) in [5.41, 5.74) is 6.11. The highest BCUT2D eigenvalue weighted by Gasteiger charge is 2.33. The Bertz CT molecular complexity index is 1100. The lowest BCUT2D eigenvalue weighted by molar-refractivity contribution is -0.141. The molecule has 1 aliphatic heterocycles. The smallest absolute Gasteiger partial charge is 0.404 e. The topological polar surface area (TPSA) is 111 Å². The fourth-order valence-corrected chi connectivity index (χ4v) is 3.58. The molecular formula is C19H20F3N8+. The molecule has 0 bridgehead atoms. The standard InChI is InChI=1S/C19H19F3N8/c20-19(21,22)15-11-30-14(8-27-17(30)9-26-15)18-25-3-1-16(28-18)29-4-2-12(10-29)5-13(6-23)7-24/h1,3,6-9,11-12,23H,2,4-5,10,24H2/p+1/b13-7-,23-6?. The van der Waals surface area contributed by atoms with Gasteiger partial charge < -0.3 is 10.6 Å². The van der Waals surface area contributed by atoms with E-state index in [1.54, 1.807) is 12.3 Å². The Balaban J connectivity index is 1.61. The average Bonchev–Trinajstić information content (AvgIpc) is 3.38. The van der Waals surface area contributed by atoms with Crippen molar-refractivity contribution in [1.82, 2.24) is 24.3 Å². The summed E-state index contributed by atoms with van der Waals surface area (Å²) in [5.74, 6) is 1.38. The Morgan fingerprint density at radius 2 is 2.10 bits per heavy atom. The van der Waals surface area contributed by atoms with Crippen molar-refractivity contribution in [3.63, 3.8) is 0 Å². The van der Waals surface area contributed by atoms with Crippen LogP contribution in [0.2, 0.25) is 0 Å². The third-order valence-electron chi connectivity index (χ3n) is 5.12. The quantitative estimate of drug-likeness (QED) is 0.602. The van der Waals surface area contributed by atoms with E-state index in [4.69, 9.17) is 11.1 Å². The second-order valence-corrected chi connectivity index (χ2v) is 7.09. The van der Waals surface area contributed by atoms with E-state index in [0.717, 1.165) is 43.9 Å². The fourth-order valence-electron chi connectivity index (χ4n) is 3.58. The van der Waals surface area contributed by atoms with Gasteiger partial charge in [0.1, 0.15) is 11.5 Å². The minimum absolute atomic E-state index is 0.285. The number of anilines is 1. The Hall–Kier alpha value is -3.50. The van der Waals surface area contributed by atoms with Gasteiger partial charge in [-0.15, -0.1) is 0 Å². The van der Waals surface area contributed by atoms with Crippen LogP contribution in [0.3, 0.4) is 0 Å². The summed E-state index contributed by atoms with van der Waals surface area (Å²) in [6.45, 7) is 1.58. The third-order valence-corrected chi connectivity index (χ3v) is 5.12. The largest absolute Gasteiger partial charge is 0.434 e. The molecule has 4 N–H and O–H groups in total. The van der Waals surface area contributed by atoms with Crippen LogP contribution in [-0.4, -0.2) is 43.6 Å². The SMILES string of the molecule is N/C=C(\C=[NH2+])CC1CCN(c2ccnc(-c3cnc4cnc(C(F)(F)F)cn34)n2)C1. The molecule has 0 spiro atoms. The van der Waals surface area contributed by atoms with Crippen molar-refractivity contribution in [2.24, 2.45) is 11.7 Å². The minimum atomic E-state index is -4.55. The lowest BCUT2D eigenvalue weighted by Crippen LogP contribution is -2.31. The normalized spacial score (nSPS) is 17.6. The van der Waals surface area contributed by atoms with E-state index in [2.05, 4.69) is 24.8 Å². The molecule has 8 nitrogen and oxygen atoms in total. The van der Waals surface area contributed by atoms with E-state index in [1.807, 2.05) is 0 Å². The highest BCUT2D eigenvalue weighted by Crippen LogP contribution is 2.30. The molecule has 0 aliphatic carbocycles. The zero-order valence-electron chi connectivity index (χ0n) is 15.9. The van der Waals surface area contributed by atoms with Crippen LogP contribution in [0.5, 0.6) is 0 Å². The summed E-state index contributed by atoms with van der Waals surface area (Å²) < 4.78 is 40.4. The zero-order chi connectivity index (χ0) is 21.3. The Morgan fingerprint density at radius 1 is 1.27 bits per heavy atom. The van der Waals surface area contributed by atoms with E-state index in [9.17, 15) is 13.2 Å². The molecule has 1 aliphatic rings. The summed E-state index contributed by atoms with van der Waals surface area (Å²) in [6, 6.07) is 1.78. The van der Waals surface area contributed by atoms with Crippen molar-refractivity contribution in [2.75, 3.05) is 18.0 Å². The maximum Gasteiger partial charge on any atom is 0.434 e. The number of halogens is 3. The first-order chi connectivity index (χ1) is 14.4. The molecule has 0 radical (unpaired) electrons. The number of alkyl halides is 3. The summed E-state index contributed by atoms with van der Waals surface area (Å²) in [7, 11) is 0. The molecule has 30 heavy (non-hydrogen) atoms. The Morgan fingerprint density at radius 3 is 2.83 bits per heavy atom. The van der Waals surface area contributed by atoms with Crippen molar-refractivity contribution in [3.05, 3.63) is 48.3 Å². The number of nitrogens with zero attached hydrogens (tertiary/aromatic N) is 6. The van der Waals surface area contributed by atoms with Crippen LogP contribution in [0, 0.1) is 5.92 Å². The highest BCUT2D eigenvalue weighted by atomic mass is 19.4. The van der Waals surface area contributed by atoms with Gasteiger partial charge in [0.2, 0.25) is 0 Å². The molecule has 1 atom stereocenters. The van der Waals surface area contributed by atoms with E-state index >= 15 is 0 Å². The summed E-state index contributed by atoms with van der Waals surface area (Å²) in [6.07, 6.45) is 5.24. The van der Waals surface area contributed by atoms with Gasteiger partial charge >= 0.3 is 6.18 Å². The average molecular weight is 417 g/mol. The number of hydrogen-bond donors (Lipinski definition) is 2. The first kappa shape index (κ1) is 19.8. The molecule has 11 heteroatoms. The number of hydrogen-bond acceptors (Lipinski definition) is 6. The van der Waals surface area contributed by atoms with Gasteiger partial charge in [-0.2, -0.15) is 13.2 Å². The Kier molecular flexibility index (Phi) is 5.10. The first-order valence-electron chi connectivity index (χ1n) is 9.33. The van der Waals surface area contributed by atoms with Crippen LogP contribution in [0.1, 0.15) is 18.5 Å². The van der Waals surface area contributed by atoms with Crippen LogP contribution in [0.15, 0.2) is 42.6 Å². The molecule has 3 aromatic heterocycles. The van der Waals surface area contributed by atoms with Crippen LogP contribution in [-0.2, 0) is 6.18 Å². The predicted molar refractivity (Wildman–Crippen MR) is 104 cm³/mol. The summed E-state index contributed by atoms with van der Waals surface area (Å²) in [5, 5.41) is 5.57. The summed E-state index contributed by atoms with van der Waals surface area (Å²) in [4.78, 5) is 18.5. The van der Waals surface area contributed by atoms with Gasteiger partial charge in [0.05, 0.1) is 12.4 Å². The predicted octanol–water partition coefficient (Wildman–Crippen LogP) is 1.09. The Labute approximate surface area is 169 Å². The van der Waals surface area contributed by atoms with E-state index in [1.165, 1.54) is 23.0 Å². The van der Waals surface area contributed by atoms with Gasteiger partial charge in [-0.25, -0.2) is 19.9 Å². The van der Waals surface area contributed by atoms with E-state index in [0.29, 0.717) is 23.3 Å². The van der Waals surface area contributed by atoms with Crippen LogP contribution < -0.4 is 16.0 Å². The number of rotatable bonds is 5. The minimum Gasteiger partial charge on any atom is -0.404 e. The van der Waals surface area contributed by atoms with Gasteiger partial charge in [-0.05, 0) is 24.8 Å². The van der Waals surface area contributed by atoms with Crippen molar-refractivity contribution < 1.29 is 18.6 Å². The van der Waals surface area contributed by atoms with Crippen LogP contribution in [0.4, 0.5) is 19.0 Å². The second kappa shape index (κ2) is 7.73. The highest BCUT2D eigenvalue weighted by molar-refractivity contribution is 5.72. The number of allylic oxidation sites excluding steroid dienone is 1. The van der Waals surface area contributed by atoms with Crippen molar-refractivity contribution in [2.45, 2.75) is 19.0 Å². The number of fused-ring (bicyclic) bond motifs is 1. The van der Waals surface area contributed by atoms with Gasteiger partial charge in [0.25, 0.3) is 0 Å². The summed E-state index contributed by atoms with van der Waals surface area (Å²) >= 11 is 0. The van der Waals surface area contributed by atoms with Crippen molar-refractivity contribution >= 4 is 17.7 Å². The van der Waals surface area contributed by atoms with Gasteiger partial charge in [0, 0.05) is 37.3 Å². The van der Waals surface area contributed by atoms with Gasteiger partial charge in [0.15, 0.2) is 23.4 Å². The van der Waals surface area contributed by atoms with E-state index in [-0.39, 0.29) is 5.65 Å². The molecular weight excluding hydrogens is 397 g/mol. The molecule has 1 unspecified atom stereocenters. The zero-order valence-corrected chi connectivity index (χ0v) is 15.9. The van der Waals surface area contributed by atoms with Gasteiger partial charge in [-0.1, -0.05) is 0 Å². The maximum absolute atomic E-state index is 13.0. The third kappa shape index (κ3) is 3.82. The molecule has 156 valence electrons. The fraction of sp³-hybridized carbons (Fsp3) is 0.316. The van der Waals surface area contributed by atoms with Crippen molar-refractivity contribution in [1.29, 1.82) is 0 Å². The molecule has 0 aromatic carbocycles. The van der Waals surface area contributed by atoms with Crippen LogP contribution >= 0.6 is 0 Å². The molecule has 3 aromatic rings. The molecule has 4 rings (SSSR count). The molecule has 1 saturated heterocycles. The second-order valence-electron chi connectivity index (χ2n) is 7.09. The lowest BCUT2D eigenvalue weighted by Gasteiger charge is -2.18. The number of imidazole rings is 1. The molecule has 0 saturated carbocycles. The van der Waals surface area contributed by atoms with Crippen molar-refractivity contribution in [3.8, 4) is 11.5 Å². The number of nitrogens with two attached hydrogens (primary N) is 2. The van der Waals surface area contributed by atoms with Crippen LogP contribution in [0.25, 0.3) is 17.2 Å². The molecule has 0 amide bonds. The van der Waals surface area contributed by atoms with Gasteiger partial charge in [-0.3, -0.25) is 9.81 Å². The monoisotopic (exact) mass is 417 g/mol. The lowest BCUT2D eigenvalue weighted by atomic mass is 10.00. The first-order valence-corrected chi connectivity index (χ1v) is 9.33. The molecule has 1 fully saturated rings. The molecule has 4 heterocycles. The number of aromatic nitrogens is 5. The maximum atomic E-state index is 13.0.